The number of methoxy groups -OCH3 is 1. The van der Waals surface area contributed by atoms with Crippen LogP contribution in [-0.2, 0) is 6.54 Å². The summed E-state index contributed by atoms with van der Waals surface area (Å²) in [5, 5.41) is 0. The van der Waals surface area contributed by atoms with Crippen molar-refractivity contribution in [3.8, 4) is 5.75 Å². The lowest BCUT2D eigenvalue weighted by Gasteiger charge is -2.14. The van der Waals surface area contributed by atoms with Crippen LogP contribution in [0.1, 0.15) is 30.9 Å². The molecule has 3 heteroatoms. The molecule has 0 unspecified atom stereocenters. The fourth-order valence-electron chi connectivity index (χ4n) is 1.49. The van der Waals surface area contributed by atoms with Gasteiger partial charge in [-0.05, 0) is 23.6 Å². The second kappa shape index (κ2) is 4.42. The van der Waals surface area contributed by atoms with Crippen molar-refractivity contribution in [1.82, 2.24) is 0 Å². The third kappa shape index (κ3) is 2.04. The van der Waals surface area contributed by atoms with Gasteiger partial charge in [0.2, 0.25) is 0 Å². The van der Waals surface area contributed by atoms with E-state index in [0.29, 0.717) is 17.9 Å². The van der Waals surface area contributed by atoms with E-state index in [4.69, 9.17) is 10.5 Å². The molecule has 0 saturated heterocycles. The monoisotopic (exact) mass is 197 g/mol. The normalized spacial score (nSPS) is 10.7. The van der Waals surface area contributed by atoms with Gasteiger partial charge in [-0.15, -0.1) is 0 Å². The summed E-state index contributed by atoms with van der Waals surface area (Å²) in [4.78, 5) is 0. The summed E-state index contributed by atoms with van der Waals surface area (Å²) in [6.07, 6.45) is 0. The second-order valence-electron chi connectivity index (χ2n) is 3.55. The summed E-state index contributed by atoms with van der Waals surface area (Å²) < 4.78 is 18.7. The third-order valence-electron chi connectivity index (χ3n) is 2.18. The zero-order valence-corrected chi connectivity index (χ0v) is 8.80. The lowest BCUT2D eigenvalue weighted by Crippen LogP contribution is -2.03. The van der Waals surface area contributed by atoms with Crippen LogP contribution in [0.15, 0.2) is 12.1 Å². The Balaban J connectivity index is 3.27. The van der Waals surface area contributed by atoms with Gasteiger partial charge in [-0.3, -0.25) is 0 Å². The van der Waals surface area contributed by atoms with E-state index in [1.807, 2.05) is 13.8 Å². The van der Waals surface area contributed by atoms with Crippen molar-refractivity contribution in [2.45, 2.75) is 26.3 Å². The molecule has 0 bridgehead atoms. The molecule has 0 aliphatic carbocycles. The maximum Gasteiger partial charge on any atom is 0.130 e. The first-order valence-corrected chi connectivity index (χ1v) is 4.66. The molecule has 0 saturated carbocycles. The molecular weight excluding hydrogens is 181 g/mol. The first-order chi connectivity index (χ1) is 6.60. The van der Waals surface area contributed by atoms with E-state index >= 15 is 0 Å². The molecule has 0 radical (unpaired) electrons. The predicted octanol–water partition coefficient (Wildman–Crippen LogP) is 2.42. The van der Waals surface area contributed by atoms with Crippen LogP contribution in [0.25, 0.3) is 0 Å². The molecule has 1 aromatic rings. The Bertz CT molecular complexity index is 323. The average molecular weight is 197 g/mol. The van der Waals surface area contributed by atoms with Gasteiger partial charge >= 0.3 is 0 Å². The smallest absolute Gasteiger partial charge is 0.130 e. The highest BCUT2D eigenvalue weighted by molar-refractivity contribution is 5.40. The van der Waals surface area contributed by atoms with E-state index in [-0.39, 0.29) is 11.7 Å². The van der Waals surface area contributed by atoms with Gasteiger partial charge in [-0.25, -0.2) is 4.39 Å². The quantitative estimate of drug-likeness (QED) is 0.807. The lowest BCUT2D eigenvalue weighted by atomic mass is 9.99. The standard InChI is InChI=1S/C11H16FNO/c1-7(2)11-9(12)4-8(6-13)5-10(11)14-3/h4-5,7H,6,13H2,1-3H3. The zero-order valence-electron chi connectivity index (χ0n) is 8.80. The predicted molar refractivity (Wildman–Crippen MR) is 54.9 cm³/mol. The van der Waals surface area contributed by atoms with E-state index in [1.54, 1.807) is 13.2 Å². The van der Waals surface area contributed by atoms with Gasteiger partial charge in [0.15, 0.2) is 0 Å². The van der Waals surface area contributed by atoms with Gasteiger partial charge in [0, 0.05) is 12.1 Å². The molecule has 0 amide bonds. The molecule has 2 N–H and O–H groups in total. The number of hydrogen-bond acceptors (Lipinski definition) is 2. The van der Waals surface area contributed by atoms with Gasteiger partial charge in [-0.1, -0.05) is 13.8 Å². The Labute approximate surface area is 83.9 Å². The molecule has 0 fully saturated rings. The fourth-order valence-corrected chi connectivity index (χ4v) is 1.49. The highest BCUT2D eigenvalue weighted by Crippen LogP contribution is 2.30. The first kappa shape index (κ1) is 11.0. The van der Waals surface area contributed by atoms with Gasteiger partial charge in [0.05, 0.1) is 7.11 Å². The van der Waals surface area contributed by atoms with Crippen LogP contribution in [0.5, 0.6) is 5.75 Å². The summed E-state index contributed by atoms with van der Waals surface area (Å²) in [6, 6.07) is 3.26. The minimum absolute atomic E-state index is 0.108. The van der Waals surface area contributed by atoms with Crippen LogP contribution in [0, 0.1) is 5.82 Å². The first-order valence-electron chi connectivity index (χ1n) is 4.66. The SMILES string of the molecule is COc1cc(CN)cc(F)c1C(C)C. The minimum Gasteiger partial charge on any atom is -0.496 e. The van der Waals surface area contributed by atoms with Crippen molar-refractivity contribution >= 4 is 0 Å². The maximum absolute atomic E-state index is 13.6. The number of benzene rings is 1. The zero-order chi connectivity index (χ0) is 10.7. The van der Waals surface area contributed by atoms with Crippen molar-refractivity contribution in [1.29, 1.82) is 0 Å². The van der Waals surface area contributed by atoms with Crippen molar-refractivity contribution in [2.75, 3.05) is 7.11 Å². The van der Waals surface area contributed by atoms with Crippen LogP contribution in [0.2, 0.25) is 0 Å². The molecule has 14 heavy (non-hydrogen) atoms. The van der Waals surface area contributed by atoms with Gasteiger partial charge in [0.1, 0.15) is 11.6 Å². The van der Waals surface area contributed by atoms with Crippen LogP contribution in [0.4, 0.5) is 4.39 Å². The van der Waals surface area contributed by atoms with Gasteiger partial charge in [-0.2, -0.15) is 0 Å². The Morgan fingerprint density at radius 3 is 2.50 bits per heavy atom. The van der Waals surface area contributed by atoms with E-state index in [2.05, 4.69) is 0 Å². The Kier molecular flexibility index (Phi) is 3.47. The Morgan fingerprint density at radius 1 is 1.43 bits per heavy atom. The average Bonchev–Trinajstić information content (AvgIpc) is 2.15. The summed E-state index contributed by atoms with van der Waals surface area (Å²) >= 11 is 0. The number of ether oxygens (including phenoxy) is 1. The number of rotatable bonds is 3. The van der Waals surface area contributed by atoms with Crippen LogP contribution >= 0.6 is 0 Å². The molecule has 78 valence electrons. The van der Waals surface area contributed by atoms with Crippen molar-refractivity contribution in [2.24, 2.45) is 5.73 Å². The number of nitrogens with two attached hydrogens (primary N) is 1. The minimum atomic E-state index is -0.236. The molecule has 0 heterocycles. The molecule has 2 nitrogen and oxygen atoms in total. The third-order valence-corrected chi connectivity index (χ3v) is 2.18. The molecule has 0 aliphatic heterocycles. The van der Waals surface area contributed by atoms with E-state index in [9.17, 15) is 4.39 Å². The highest BCUT2D eigenvalue weighted by Gasteiger charge is 2.14. The van der Waals surface area contributed by atoms with Crippen molar-refractivity contribution in [3.05, 3.63) is 29.1 Å². The lowest BCUT2D eigenvalue weighted by molar-refractivity contribution is 0.401. The molecule has 0 spiro atoms. The van der Waals surface area contributed by atoms with E-state index in [1.165, 1.54) is 6.07 Å². The molecular formula is C11H16FNO. The van der Waals surface area contributed by atoms with E-state index < -0.39 is 0 Å². The van der Waals surface area contributed by atoms with Crippen LogP contribution < -0.4 is 10.5 Å². The van der Waals surface area contributed by atoms with Gasteiger partial charge < -0.3 is 10.5 Å². The van der Waals surface area contributed by atoms with Gasteiger partial charge in [0.25, 0.3) is 0 Å². The maximum atomic E-state index is 13.6. The summed E-state index contributed by atoms with van der Waals surface area (Å²) in [6.45, 7) is 4.19. The van der Waals surface area contributed by atoms with E-state index in [0.717, 1.165) is 5.56 Å². The fraction of sp³-hybridized carbons (Fsp3) is 0.455. The van der Waals surface area contributed by atoms with Crippen LogP contribution in [-0.4, -0.2) is 7.11 Å². The number of halogens is 1. The topological polar surface area (TPSA) is 35.2 Å². The van der Waals surface area contributed by atoms with Crippen molar-refractivity contribution in [3.63, 3.8) is 0 Å². The summed E-state index contributed by atoms with van der Waals surface area (Å²) in [5.74, 6) is 0.456. The summed E-state index contributed by atoms with van der Waals surface area (Å²) in [5.41, 5.74) is 6.82. The molecule has 1 aromatic carbocycles. The molecule has 0 aromatic heterocycles. The summed E-state index contributed by atoms with van der Waals surface area (Å²) in [7, 11) is 1.54. The second-order valence-corrected chi connectivity index (χ2v) is 3.55. The van der Waals surface area contributed by atoms with Crippen molar-refractivity contribution < 1.29 is 9.13 Å². The largest absolute Gasteiger partial charge is 0.496 e. The highest BCUT2D eigenvalue weighted by atomic mass is 19.1. The molecule has 0 aliphatic rings. The molecule has 0 atom stereocenters. The Hall–Kier alpha value is -1.09. The van der Waals surface area contributed by atoms with Crippen LogP contribution in [0.3, 0.4) is 0 Å². The molecule has 1 rings (SSSR count). The number of hydrogen-bond donors (Lipinski definition) is 1. The Morgan fingerprint density at radius 2 is 2.07 bits per heavy atom.